The Morgan fingerprint density at radius 2 is 2.00 bits per heavy atom. The van der Waals surface area contributed by atoms with Crippen molar-refractivity contribution in [2.75, 3.05) is 32.1 Å². The lowest BCUT2D eigenvalue weighted by molar-refractivity contribution is 0.249. The topological polar surface area (TPSA) is 30.3 Å². The van der Waals surface area contributed by atoms with Crippen LogP contribution in [0.5, 0.6) is 0 Å². The van der Waals surface area contributed by atoms with E-state index >= 15 is 0 Å². The highest BCUT2D eigenvalue weighted by Gasteiger charge is 2.22. The Balaban J connectivity index is 2.13. The molecule has 1 aliphatic rings. The minimum Gasteiger partial charge on any atom is -0.370 e. The second-order valence-corrected chi connectivity index (χ2v) is 5.87. The number of piperidine rings is 1. The van der Waals surface area contributed by atoms with E-state index in [9.17, 15) is 5.26 Å². The Labute approximate surface area is 117 Å². The molecule has 1 aromatic carbocycles. The number of benzene rings is 1. The molecule has 0 saturated carbocycles. The fourth-order valence-corrected chi connectivity index (χ4v) is 2.86. The standard InChI is InChI=1S/C14H18BrN3/c1-17(2)13-5-7-18(8-6-13)14-4-3-12(15)9-11(14)10-16/h3-4,9,13H,5-8H2,1-2H3. The molecular weight excluding hydrogens is 290 g/mol. The van der Waals surface area contributed by atoms with Crippen molar-refractivity contribution in [3.05, 3.63) is 28.2 Å². The lowest BCUT2D eigenvalue weighted by Gasteiger charge is -2.36. The van der Waals surface area contributed by atoms with E-state index in [2.05, 4.69) is 45.9 Å². The number of nitriles is 1. The molecule has 1 aliphatic heterocycles. The molecule has 1 saturated heterocycles. The SMILES string of the molecule is CN(C)C1CCN(c2ccc(Br)cc2C#N)CC1. The lowest BCUT2D eigenvalue weighted by Crippen LogP contribution is -2.42. The van der Waals surface area contributed by atoms with E-state index in [-0.39, 0.29) is 0 Å². The molecule has 1 aromatic rings. The van der Waals surface area contributed by atoms with E-state index in [1.54, 1.807) is 0 Å². The number of hydrogen-bond donors (Lipinski definition) is 0. The normalized spacial score (nSPS) is 16.9. The molecule has 0 radical (unpaired) electrons. The Hall–Kier alpha value is -1.05. The number of nitrogens with zero attached hydrogens (tertiary/aromatic N) is 3. The third kappa shape index (κ3) is 2.85. The average Bonchev–Trinajstić information content (AvgIpc) is 2.38. The zero-order valence-corrected chi connectivity index (χ0v) is 12.4. The summed E-state index contributed by atoms with van der Waals surface area (Å²) >= 11 is 3.41. The summed E-state index contributed by atoms with van der Waals surface area (Å²) in [6.07, 6.45) is 2.32. The number of hydrogen-bond acceptors (Lipinski definition) is 3. The largest absolute Gasteiger partial charge is 0.370 e. The van der Waals surface area contributed by atoms with E-state index in [1.165, 1.54) is 0 Å². The Morgan fingerprint density at radius 3 is 2.56 bits per heavy atom. The van der Waals surface area contributed by atoms with Gasteiger partial charge in [-0.25, -0.2) is 0 Å². The minimum absolute atomic E-state index is 0.669. The molecule has 0 bridgehead atoms. The average molecular weight is 308 g/mol. The van der Waals surface area contributed by atoms with Gasteiger partial charge in [-0.05, 0) is 45.1 Å². The van der Waals surface area contributed by atoms with Gasteiger partial charge in [-0.3, -0.25) is 0 Å². The molecule has 0 amide bonds. The maximum atomic E-state index is 9.21. The summed E-state index contributed by atoms with van der Waals surface area (Å²) in [5.74, 6) is 0. The van der Waals surface area contributed by atoms with Crippen LogP contribution in [-0.2, 0) is 0 Å². The lowest BCUT2D eigenvalue weighted by atomic mass is 10.0. The molecule has 0 atom stereocenters. The molecule has 0 aromatic heterocycles. The smallest absolute Gasteiger partial charge is 0.101 e. The van der Waals surface area contributed by atoms with Crippen LogP contribution in [0.3, 0.4) is 0 Å². The molecule has 0 spiro atoms. The molecule has 0 N–H and O–H groups in total. The summed E-state index contributed by atoms with van der Waals surface area (Å²) in [6.45, 7) is 2.05. The van der Waals surface area contributed by atoms with E-state index in [0.717, 1.165) is 41.7 Å². The van der Waals surface area contributed by atoms with Gasteiger partial charge >= 0.3 is 0 Å². The summed E-state index contributed by atoms with van der Waals surface area (Å²) in [5, 5.41) is 9.21. The van der Waals surface area contributed by atoms with Crippen molar-refractivity contribution in [2.45, 2.75) is 18.9 Å². The number of rotatable bonds is 2. The summed E-state index contributed by atoms with van der Waals surface area (Å²) in [4.78, 5) is 4.62. The maximum Gasteiger partial charge on any atom is 0.101 e. The second-order valence-electron chi connectivity index (χ2n) is 4.96. The molecule has 0 unspecified atom stereocenters. The first kappa shape index (κ1) is 13.4. The number of halogens is 1. The maximum absolute atomic E-state index is 9.21. The van der Waals surface area contributed by atoms with Crippen LogP contribution < -0.4 is 4.90 Å². The Bertz CT molecular complexity index is 457. The first-order chi connectivity index (χ1) is 8.61. The third-order valence-corrected chi connectivity index (χ3v) is 4.11. The zero-order valence-electron chi connectivity index (χ0n) is 10.9. The highest BCUT2D eigenvalue weighted by Crippen LogP contribution is 2.27. The predicted molar refractivity (Wildman–Crippen MR) is 77.8 cm³/mol. The van der Waals surface area contributed by atoms with Gasteiger partial charge in [0, 0.05) is 23.6 Å². The Morgan fingerprint density at radius 1 is 1.33 bits per heavy atom. The van der Waals surface area contributed by atoms with E-state index in [4.69, 9.17) is 0 Å². The van der Waals surface area contributed by atoms with Crippen molar-refractivity contribution in [1.82, 2.24) is 4.90 Å². The molecule has 0 aliphatic carbocycles. The molecule has 1 fully saturated rings. The van der Waals surface area contributed by atoms with E-state index in [1.807, 2.05) is 18.2 Å². The van der Waals surface area contributed by atoms with E-state index < -0.39 is 0 Å². The van der Waals surface area contributed by atoms with Gasteiger partial charge in [0.1, 0.15) is 6.07 Å². The van der Waals surface area contributed by atoms with Gasteiger partial charge in [-0.2, -0.15) is 5.26 Å². The fraction of sp³-hybridized carbons (Fsp3) is 0.500. The summed E-state index contributed by atoms with van der Waals surface area (Å²) in [6, 6.07) is 8.90. The second kappa shape index (κ2) is 5.73. The monoisotopic (exact) mass is 307 g/mol. The van der Waals surface area contributed by atoms with Gasteiger partial charge in [-0.15, -0.1) is 0 Å². The molecule has 1 heterocycles. The van der Waals surface area contributed by atoms with Crippen molar-refractivity contribution in [1.29, 1.82) is 5.26 Å². The van der Waals surface area contributed by atoms with Crippen molar-refractivity contribution in [3.8, 4) is 6.07 Å². The highest BCUT2D eigenvalue weighted by molar-refractivity contribution is 9.10. The predicted octanol–water partition coefficient (Wildman–Crippen LogP) is 2.85. The van der Waals surface area contributed by atoms with E-state index in [0.29, 0.717) is 6.04 Å². The van der Waals surface area contributed by atoms with Crippen molar-refractivity contribution in [3.63, 3.8) is 0 Å². The molecule has 18 heavy (non-hydrogen) atoms. The van der Waals surface area contributed by atoms with Crippen LogP contribution in [0.1, 0.15) is 18.4 Å². The first-order valence-corrected chi connectivity index (χ1v) is 7.02. The van der Waals surface area contributed by atoms with Crippen LogP contribution in [0, 0.1) is 11.3 Å². The summed E-state index contributed by atoms with van der Waals surface area (Å²) < 4.78 is 0.964. The van der Waals surface area contributed by atoms with Crippen LogP contribution >= 0.6 is 15.9 Å². The molecule has 3 nitrogen and oxygen atoms in total. The molecular formula is C14H18BrN3. The van der Waals surface area contributed by atoms with Gasteiger partial charge in [0.05, 0.1) is 11.3 Å². The third-order valence-electron chi connectivity index (χ3n) is 3.61. The van der Waals surface area contributed by atoms with Crippen LogP contribution in [-0.4, -0.2) is 38.1 Å². The zero-order chi connectivity index (χ0) is 13.1. The van der Waals surface area contributed by atoms with Crippen LogP contribution in [0.2, 0.25) is 0 Å². The quantitative estimate of drug-likeness (QED) is 0.841. The highest BCUT2D eigenvalue weighted by atomic mass is 79.9. The summed E-state index contributed by atoms with van der Waals surface area (Å²) in [7, 11) is 4.28. The first-order valence-electron chi connectivity index (χ1n) is 6.23. The summed E-state index contributed by atoms with van der Waals surface area (Å²) in [5.41, 5.74) is 1.82. The molecule has 96 valence electrons. The van der Waals surface area contributed by atoms with Crippen molar-refractivity contribution < 1.29 is 0 Å². The van der Waals surface area contributed by atoms with Crippen molar-refractivity contribution >= 4 is 21.6 Å². The molecule has 4 heteroatoms. The van der Waals surface area contributed by atoms with Gasteiger partial charge in [0.15, 0.2) is 0 Å². The van der Waals surface area contributed by atoms with Crippen LogP contribution in [0.25, 0.3) is 0 Å². The number of anilines is 1. The van der Waals surface area contributed by atoms with Gasteiger partial charge < -0.3 is 9.80 Å². The Kier molecular flexibility index (Phi) is 4.26. The van der Waals surface area contributed by atoms with Crippen LogP contribution in [0.15, 0.2) is 22.7 Å². The van der Waals surface area contributed by atoms with Crippen LogP contribution in [0.4, 0.5) is 5.69 Å². The molecule has 2 rings (SSSR count). The minimum atomic E-state index is 0.669. The van der Waals surface area contributed by atoms with Crippen molar-refractivity contribution in [2.24, 2.45) is 0 Å². The van der Waals surface area contributed by atoms with Gasteiger partial charge in [0.2, 0.25) is 0 Å². The fourth-order valence-electron chi connectivity index (χ4n) is 2.50. The van der Waals surface area contributed by atoms with Gasteiger partial charge in [0.25, 0.3) is 0 Å². The van der Waals surface area contributed by atoms with Gasteiger partial charge in [-0.1, -0.05) is 15.9 Å².